The molecule has 2 nitrogen and oxygen atoms in total. The molecule has 2 heterocycles. The normalized spacial score (nSPS) is 13.8. The smallest absolute Gasteiger partial charge is 0.0964 e. The van der Waals surface area contributed by atoms with Gasteiger partial charge in [-0.05, 0) is 73.0 Å². The van der Waals surface area contributed by atoms with Crippen molar-refractivity contribution in [3.05, 3.63) is 168 Å². The summed E-state index contributed by atoms with van der Waals surface area (Å²) in [6, 6.07) is 49.2. The second-order valence-electron chi connectivity index (χ2n) is 11.7. The maximum atomic E-state index is 4.98. The maximum Gasteiger partial charge on any atom is 0.0964 e. The third-order valence-electron chi connectivity index (χ3n) is 9.75. The SMILES string of the molecule is c1ccc2c(c1)-c1ccccc1C21c2ccccc2-c2cccc3c(-c4cnc5c(ccc6cccnc65)c4)ccc1c23. The first-order valence-electron chi connectivity index (χ1n) is 14.8. The molecule has 2 aromatic heterocycles. The van der Waals surface area contributed by atoms with Gasteiger partial charge in [-0.1, -0.05) is 121 Å². The summed E-state index contributed by atoms with van der Waals surface area (Å²) in [5.74, 6) is 0. The van der Waals surface area contributed by atoms with Crippen LogP contribution >= 0.6 is 0 Å². The van der Waals surface area contributed by atoms with Gasteiger partial charge in [0.1, 0.15) is 0 Å². The Kier molecular flexibility index (Phi) is 4.41. The lowest BCUT2D eigenvalue weighted by molar-refractivity contribution is 0.773. The third kappa shape index (κ3) is 2.83. The Morgan fingerprint density at radius 1 is 0.419 bits per heavy atom. The van der Waals surface area contributed by atoms with Crippen molar-refractivity contribution in [2.45, 2.75) is 5.41 Å². The highest BCUT2D eigenvalue weighted by Crippen LogP contribution is 2.62. The topological polar surface area (TPSA) is 25.8 Å². The van der Waals surface area contributed by atoms with Crippen LogP contribution in [0.4, 0.5) is 0 Å². The van der Waals surface area contributed by atoms with E-state index in [4.69, 9.17) is 4.98 Å². The summed E-state index contributed by atoms with van der Waals surface area (Å²) in [4.78, 5) is 9.62. The van der Waals surface area contributed by atoms with Crippen LogP contribution in [0.5, 0.6) is 0 Å². The minimum Gasteiger partial charge on any atom is -0.254 e. The highest BCUT2D eigenvalue weighted by molar-refractivity contribution is 6.12. The molecule has 1 spiro atoms. The van der Waals surface area contributed by atoms with E-state index in [9.17, 15) is 0 Å². The van der Waals surface area contributed by atoms with Gasteiger partial charge in [0, 0.05) is 28.7 Å². The van der Waals surface area contributed by atoms with Gasteiger partial charge in [-0.15, -0.1) is 0 Å². The first-order valence-corrected chi connectivity index (χ1v) is 14.8. The number of pyridine rings is 2. The second-order valence-corrected chi connectivity index (χ2v) is 11.7. The van der Waals surface area contributed by atoms with Crippen LogP contribution in [0.2, 0.25) is 0 Å². The van der Waals surface area contributed by atoms with Crippen molar-refractivity contribution in [1.82, 2.24) is 9.97 Å². The summed E-state index contributed by atoms with van der Waals surface area (Å²) in [5.41, 5.74) is 14.5. The average Bonchev–Trinajstić information content (AvgIpc) is 3.37. The standard InChI is InChI=1S/C41H24N2/c1-4-15-34-29(10-1)30-11-2-5-16-35(30)41(34)36-17-6-3-12-31(36)33-14-7-13-32-28(20-21-37(41)38(32)33)27-23-26-19-18-25-9-8-22-42-39(25)40(26)43-24-27/h1-24H. The van der Waals surface area contributed by atoms with E-state index in [1.807, 2.05) is 18.5 Å². The molecule has 8 aromatic rings. The highest BCUT2D eigenvalue weighted by atomic mass is 14.7. The second kappa shape index (κ2) is 8.24. The predicted octanol–water partition coefficient (Wildman–Crippen LogP) is 9.95. The molecule has 0 N–H and O–H groups in total. The van der Waals surface area contributed by atoms with E-state index in [2.05, 4.69) is 132 Å². The molecule has 0 amide bonds. The number of rotatable bonds is 1. The molecule has 2 aliphatic rings. The lowest BCUT2D eigenvalue weighted by atomic mass is 9.61. The summed E-state index contributed by atoms with van der Waals surface area (Å²) in [6.07, 6.45) is 3.86. The molecular formula is C41H24N2. The zero-order chi connectivity index (χ0) is 28.1. The zero-order valence-corrected chi connectivity index (χ0v) is 23.3. The molecule has 0 atom stereocenters. The van der Waals surface area contributed by atoms with Crippen molar-refractivity contribution in [3.63, 3.8) is 0 Å². The van der Waals surface area contributed by atoms with Gasteiger partial charge in [0.05, 0.1) is 16.4 Å². The average molecular weight is 545 g/mol. The monoisotopic (exact) mass is 544 g/mol. The van der Waals surface area contributed by atoms with Crippen LogP contribution in [-0.4, -0.2) is 9.97 Å². The Labute approximate surface area is 248 Å². The Morgan fingerprint density at radius 3 is 1.79 bits per heavy atom. The van der Waals surface area contributed by atoms with Gasteiger partial charge in [-0.25, -0.2) is 0 Å². The van der Waals surface area contributed by atoms with E-state index in [1.165, 1.54) is 60.8 Å². The molecule has 43 heavy (non-hydrogen) atoms. The Bertz CT molecular complexity index is 2430. The summed E-state index contributed by atoms with van der Waals surface area (Å²) in [7, 11) is 0. The number of benzene rings is 6. The van der Waals surface area contributed by atoms with Crippen LogP contribution in [0.1, 0.15) is 22.3 Å². The molecule has 0 saturated carbocycles. The highest BCUT2D eigenvalue weighted by Gasteiger charge is 2.49. The number of nitrogens with zero attached hydrogens (tertiary/aromatic N) is 2. The van der Waals surface area contributed by atoms with Gasteiger partial charge < -0.3 is 0 Å². The van der Waals surface area contributed by atoms with E-state index in [1.54, 1.807) is 0 Å². The van der Waals surface area contributed by atoms with Crippen LogP contribution in [0, 0.1) is 0 Å². The van der Waals surface area contributed by atoms with Crippen LogP contribution in [0.15, 0.2) is 146 Å². The van der Waals surface area contributed by atoms with Crippen LogP contribution in [0.25, 0.3) is 66.0 Å². The zero-order valence-electron chi connectivity index (χ0n) is 23.3. The minimum atomic E-state index is -0.388. The fraction of sp³-hybridized carbons (Fsp3) is 0.0244. The lowest BCUT2D eigenvalue weighted by Gasteiger charge is -2.40. The fourth-order valence-corrected chi connectivity index (χ4v) is 8.08. The molecule has 0 saturated heterocycles. The largest absolute Gasteiger partial charge is 0.254 e. The number of aromatic nitrogens is 2. The Balaban J connectivity index is 1.32. The van der Waals surface area contributed by atoms with E-state index in [-0.39, 0.29) is 5.41 Å². The Morgan fingerprint density at radius 2 is 1.05 bits per heavy atom. The number of hydrogen-bond donors (Lipinski definition) is 0. The molecule has 0 aliphatic heterocycles. The van der Waals surface area contributed by atoms with Crippen molar-refractivity contribution in [1.29, 1.82) is 0 Å². The first kappa shape index (κ1) is 23.0. The third-order valence-corrected chi connectivity index (χ3v) is 9.75. The first-order chi connectivity index (χ1) is 21.3. The van der Waals surface area contributed by atoms with Gasteiger partial charge in [-0.3, -0.25) is 9.97 Å². The van der Waals surface area contributed by atoms with Crippen molar-refractivity contribution in [2.75, 3.05) is 0 Å². The van der Waals surface area contributed by atoms with Crippen molar-refractivity contribution < 1.29 is 0 Å². The maximum absolute atomic E-state index is 4.98. The predicted molar refractivity (Wildman–Crippen MR) is 176 cm³/mol. The van der Waals surface area contributed by atoms with Crippen molar-refractivity contribution in [3.8, 4) is 33.4 Å². The molecule has 0 fully saturated rings. The molecule has 6 aromatic carbocycles. The van der Waals surface area contributed by atoms with E-state index >= 15 is 0 Å². The van der Waals surface area contributed by atoms with Crippen molar-refractivity contribution >= 4 is 32.6 Å². The van der Waals surface area contributed by atoms with E-state index < -0.39 is 0 Å². The minimum absolute atomic E-state index is 0.388. The van der Waals surface area contributed by atoms with Crippen LogP contribution in [0.3, 0.4) is 0 Å². The fourth-order valence-electron chi connectivity index (χ4n) is 8.08. The molecule has 198 valence electrons. The number of fused-ring (bicyclic) bond motifs is 12. The van der Waals surface area contributed by atoms with Crippen molar-refractivity contribution in [2.24, 2.45) is 0 Å². The molecule has 10 rings (SSSR count). The quantitative estimate of drug-likeness (QED) is 0.192. The summed E-state index contributed by atoms with van der Waals surface area (Å²) in [5, 5.41) is 4.79. The summed E-state index contributed by atoms with van der Waals surface area (Å²) >= 11 is 0. The summed E-state index contributed by atoms with van der Waals surface area (Å²) < 4.78 is 0. The summed E-state index contributed by atoms with van der Waals surface area (Å²) in [6.45, 7) is 0. The molecule has 2 aliphatic carbocycles. The lowest BCUT2D eigenvalue weighted by Crippen LogP contribution is -2.31. The van der Waals surface area contributed by atoms with Gasteiger partial charge in [0.2, 0.25) is 0 Å². The molecule has 0 bridgehead atoms. The van der Waals surface area contributed by atoms with E-state index in [0.29, 0.717) is 0 Å². The van der Waals surface area contributed by atoms with Gasteiger partial charge >= 0.3 is 0 Å². The Hall–Kier alpha value is -5.60. The van der Waals surface area contributed by atoms with Gasteiger partial charge in [0.25, 0.3) is 0 Å². The molecular weight excluding hydrogens is 520 g/mol. The van der Waals surface area contributed by atoms with Gasteiger partial charge in [0.15, 0.2) is 0 Å². The number of hydrogen-bond acceptors (Lipinski definition) is 2. The van der Waals surface area contributed by atoms with E-state index in [0.717, 1.165) is 27.4 Å². The van der Waals surface area contributed by atoms with Crippen LogP contribution in [-0.2, 0) is 5.41 Å². The van der Waals surface area contributed by atoms with Crippen LogP contribution < -0.4 is 0 Å². The molecule has 0 unspecified atom stereocenters. The van der Waals surface area contributed by atoms with Gasteiger partial charge in [-0.2, -0.15) is 0 Å². The molecule has 2 heteroatoms. The molecule has 0 radical (unpaired) electrons.